The zero-order valence-corrected chi connectivity index (χ0v) is 3.98. The van der Waals surface area contributed by atoms with Gasteiger partial charge in [0.25, 0.3) is 0 Å². The molecule has 0 radical (unpaired) electrons. The first kappa shape index (κ1) is 4.16. The molecular formula is C4H5ClO. The third-order valence-electron chi connectivity index (χ3n) is 0.701. The van der Waals surface area contributed by atoms with Gasteiger partial charge >= 0.3 is 0 Å². The van der Waals surface area contributed by atoms with E-state index in [-0.39, 0.29) is 11.7 Å². The van der Waals surface area contributed by atoms with Crippen molar-refractivity contribution in [2.24, 2.45) is 0 Å². The molecule has 1 rings (SSSR count). The molecule has 0 aromatic carbocycles. The van der Waals surface area contributed by atoms with Crippen LogP contribution in [0, 0.1) is 0 Å². The van der Waals surface area contributed by atoms with Gasteiger partial charge in [-0.05, 0) is 0 Å². The van der Waals surface area contributed by atoms with Crippen LogP contribution < -0.4 is 0 Å². The van der Waals surface area contributed by atoms with Crippen molar-refractivity contribution in [1.29, 1.82) is 0 Å². The molecule has 0 aromatic rings. The van der Waals surface area contributed by atoms with E-state index < -0.39 is 0 Å². The van der Waals surface area contributed by atoms with E-state index in [9.17, 15) is 0 Å². The average Bonchev–Trinajstić information content (AvgIpc) is 2.19. The van der Waals surface area contributed by atoms with Crippen molar-refractivity contribution >= 4 is 11.6 Å². The molecule has 1 nitrogen and oxygen atoms in total. The summed E-state index contributed by atoms with van der Waals surface area (Å²) < 4.78 is 4.71. The van der Waals surface area contributed by atoms with E-state index >= 15 is 0 Å². The van der Waals surface area contributed by atoms with Gasteiger partial charge in [-0.3, -0.25) is 0 Å². The quantitative estimate of drug-likeness (QED) is 0.276. The van der Waals surface area contributed by atoms with Crippen molar-refractivity contribution in [3.8, 4) is 0 Å². The van der Waals surface area contributed by atoms with Gasteiger partial charge in [-0.2, -0.15) is 0 Å². The highest BCUT2D eigenvalue weighted by atomic mass is 35.5. The SMILES string of the molecule is C=CC1OC1Cl. The molecule has 0 bridgehead atoms. The van der Waals surface area contributed by atoms with E-state index in [0.717, 1.165) is 0 Å². The number of hydrogen-bond acceptors (Lipinski definition) is 1. The third-order valence-corrected chi connectivity index (χ3v) is 1.05. The molecular weight excluding hydrogens is 99.5 g/mol. The third kappa shape index (κ3) is 0.559. The normalized spacial score (nSPS) is 42.2. The summed E-state index contributed by atoms with van der Waals surface area (Å²) in [5.41, 5.74) is -0.0810. The van der Waals surface area contributed by atoms with Crippen molar-refractivity contribution in [2.75, 3.05) is 0 Å². The van der Waals surface area contributed by atoms with Crippen molar-refractivity contribution in [3.05, 3.63) is 12.7 Å². The maximum atomic E-state index is 5.36. The Balaban J connectivity index is 2.25. The first-order chi connectivity index (χ1) is 2.84. The van der Waals surface area contributed by atoms with Crippen molar-refractivity contribution in [2.45, 2.75) is 11.7 Å². The van der Waals surface area contributed by atoms with Crippen LogP contribution >= 0.6 is 11.6 Å². The van der Waals surface area contributed by atoms with Crippen LogP contribution in [0.5, 0.6) is 0 Å². The number of rotatable bonds is 1. The minimum atomic E-state index is -0.0810. The fourth-order valence-corrected chi connectivity index (χ4v) is 0.489. The van der Waals surface area contributed by atoms with Crippen LogP contribution in [0.15, 0.2) is 12.7 Å². The Morgan fingerprint density at radius 2 is 2.33 bits per heavy atom. The summed E-state index contributed by atoms with van der Waals surface area (Å²) in [6, 6.07) is 0. The zero-order chi connectivity index (χ0) is 4.57. The Hall–Kier alpha value is -0.0100. The van der Waals surface area contributed by atoms with Crippen LogP contribution in [0.3, 0.4) is 0 Å². The topological polar surface area (TPSA) is 12.5 Å². The zero-order valence-electron chi connectivity index (χ0n) is 3.23. The molecule has 0 saturated carbocycles. The Bertz CT molecular complexity index is 71.9. The molecule has 0 spiro atoms. The lowest BCUT2D eigenvalue weighted by atomic mass is 10.5. The lowest BCUT2D eigenvalue weighted by Gasteiger charge is -1.62. The molecule has 1 aliphatic rings. The maximum absolute atomic E-state index is 5.36. The number of ether oxygens (including phenoxy) is 1. The monoisotopic (exact) mass is 104 g/mol. The standard InChI is InChI=1S/C4H5ClO/c1-2-3-4(5)6-3/h2-4H,1H2. The fourth-order valence-electron chi connectivity index (χ4n) is 0.267. The van der Waals surface area contributed by atoms with Gasteiger partial charge in [0.2, 0.25) is 0 Å². The van der Waals surface area contributed by atoms with Gasteiger partial charge in [-0.1, -0.05) is 17.7 Å². The van der Waals surface area contributed by atoms with Crippen LogP contribution in [-0.4, -0.2) is 11.7 Å². The fraction of sp³-hybridized carbons (Fsp3) is 0.500. The highest BCUT2D eigenvalue weighted by molar-refractivity contribution is 6.21. The minimum Gasteiger partial charge on any atom is -0.348 e. The van der Waals surface area contributed by atoms with Gasteiger partial charge in [-0.25, -0.2) is 0 Å². The van der Waals surface area contributed by atoms with E-state index in [2.05, 4.69) is 6.58 Å². The average molecular weight is 105 g/mol. The summed E-state index contributed by atoms with van der Waals surface area (Å²) in [7, 11) is 0. The summed E-state index contributed by atoms with van der Waals surface area (Å²) in [4.78, 5) is 0. The van der Waals surface area contributed by atoms with Gasteiger partial charge in [-0.15, -0.1) is 6.58 Å². The predicted molar refractivity (Wildman–Crippen MR) is 24.7 cm³/mol. The summed E-state index contributed by atoms with van der Waals surface area (Å²) in [5.74, 6) is 0. The van der Waals surface area contributed by atoms with Gasteiger partial charge in [0, 0.05) is 0 Å². The Labute approximate surface area is 41.6 Å². The Morgan fingerprint density at radius 3 is 2.33 bits per heavy atom. The second-order valence-electron chi connectivity index (χ2n) is 1.19. The van der Waals surface area contributed by atoms with Crippen LogP contribution in [-0.2, 0) is 4.74 Å². The van der Waals surface area contributed by atoms with E-state index in [1.54, 1.807) is 6.08 Å². The summed E-state index contributed by atoms with van der Waals surface area (Å²) in [5, 5.41) is 0. The molecule has 2 atom stereocenters. The molecule has 1 heterocycles. The van der Waals surface area contributed by atoms with E-state index in [1.807, 2.05) is 0 Å². The van der Waals surface area contributed by atoms with E-state index in [0.29, 0.717) is 0 Å². The molecule has 1 saturated heterocycles. The molecule has 2 unspecified atom stereocenters. The number of hydrogen-bond donors (Lipinski definition) is 0. The van der Waals surface area contributed by atoms with Gasteiger partial charge < -0.3 is 4.74 Å². The molecule has 0 aliphatic carbocycles. The van der Waals surface area contributed by atoms with Gasteiger partial charge in [0.05, 0.1) is 0 Å². The maximum Gasteiger partial charge on any atom is 0.161 e. The number of halogens is 1. The lowest BCUT2D eigenvalue weighted by molar-refractivity contribution is 0.426. The summed E-state index contributed by atoms with van der Waals surface area (Å²) >= 11 is 5.36. The highest BCUT2D eigenvalue weighted by Gasteiger charge is 2.33. The molecule has 0 aromatic heterocycles. The second kappa shape index (κ2) is 1.24. The smallest absolute Gasteiger partial charge is 0.161 e. The molecule has 0 N–H and O–H groups in total. The Morgan fingerprint density at radius 1 is 1.83 bits per heavy atom. The van der Waals surface area contributed by atoms with Crippen LogP contribution in [0.1, 0.15) is 0 Å². The first-order valence-corrected chi connectivity index (χ1v) is 2.20. The predicted octanol–water partition coefficient (Wildman–Crippen LogP) is 1.14. The van der Waals surface area contributed by atoms with E-state index in [4.69, 9.17) is 16.3 Å². The lowest BCUT2D eigenvalue weighted by Crippen LogP contribution is -1.73. The molecule has 6 heavy (non-hydrogen) atoms. The largest absolute Gasteiger partial charge is 0.348 e. The van der Waals surface area contributed by atoms with Crippen LogP contribution in [0.2, 0.25) is 0 Å². The molecule has 34 valence electrons. The highest BCUT2D eigenvalue weighted by Crippen LogP contribution is 2.25. The summed E-state index contributed by atoms with van der Waals surface area (Å²) in [6.45, 7) is 3.46. The van der Waals surface area contributed by atoms with E-state index in [1.165, 1.54) is 0 Å². The van der Waals surface area contributed by atoms with Crippen LogP contribution in [0.4, 0.5) is 0 Å². The minimum absolute atomic E-state index is 0.0810. The molecule has 0 amide bonds. The van der Waals surface area contributed by atoms with Crippen molar-refractivity contribution in [3.63, 3.8) is 0 Å². The second-order valence-corrected chi connectivity index (χ2v) is 1.62. The number of alkyl halides is 1. The number of epoxide rings is 1. The van der Waals surface area contributed by atoms with Crippen LogP contribution in [0.25, 0.3) is 0 Å². The molecule has 2 heteroatoms. The molecule has 1 fully saturated rings. The van der Waals surface area contributed by atoms with Crippen molar-refractivity contribution in [1.82, 2.24) is 0 Å². The van der Waals surface area contributed by atoms with Gasteiger partial charge in [0.15, 0.2) is 5.56 Å². The van der Waals surface area contributed by atoms with Crippen molar-refractivity contribution < 1.29 is 4.74 Å². The Kier molecular flexibility index (Phi) is 0.862. The first-order valence-electron chi connectivity index (χ1n) is 1.76. The van der Waals surface area contributed by atoms with Gasteiger partial charge in [0.1, 0.15) is 6.10 Å². The molecule has 1 aliphatic heterocycles. The summed E-state index contributed by atoms with van der Waals surface area (Å²) in [6.07, 6.45) is 1.82.